The minimum atomic E-state index is -0.775. The number of halogens is 3. The Morgan fingerprint density at radius 1 is 1.11 bits per heavy atom. The van der Waals surface area contributed by atoms with E-state index in [-0.39, 0.29) is 21.7 Å². The van der Waals surface area contributed by atoms with Crippen molar-refractivity contribution in [2.24, 2.45) is 0 Å². The summed E-state index contributed by atoms with van der Waals surface area (Å²) in [6.07, 6.45) is 1.13. The van der Waals surface area contributed by atoms with Gasteiger partial charge in [-0.25, -0.2) is 13.6 Å². The summed E-state index contributed by atoms with van der Waals surface area (Å²) in [5.41, 5.74) is 2.32. The molecule has 1 aliphatic carbocycles. The van der Waals surface area contributed by atoms with Gasteiger partial charge in [-0.3, -0.25) is 5.32 Å². The molecule has 0 bridgehead atoms. The second-order valence-electron chi connectivity index (χ2n) is 9.33. The molecular weight excluding hydrogens is 530 g/mol. The first-order chi connectivity index (χ1) is 18.2. The molecule has 5 rings (SSSR count). The molecule has 1 aliphatic rings. The Morgan fingerprint density at radius 3 is 2.42 bits per heavy atom. The summed E-state index contributed by atoms with van der Waals surface area (Å²) in [6, 6.07) is 16.2. The first-order valence-corrected chi connectivity index (χ1v) is 13.1. The number of anilines is 1. The van der Waals surface area contributed by atoms with E-state index in [1.165, 1.54) is 0 Å². The minimum absolute atomic E-state index is 0.0270. The van der Waals surface area contributed by atoms with Crippen LogP contribution in [-0.4, -0.2) is 16.8 Å². The quantitative estimate of drug-likeness (QED) is 0.234. The molecule has 38 heavy (non-hydrogen) atoms. The fourth-order valence-corrected chi connectivity index (χ4v) is 5.55. The van der Waals surface area contributed by atoms with Gasteiger partial charge in [0.15, 0.2) is 0 Å². The van der Waals surface area contributed by atoms with Crippen molar-refractivity contribution in [2.75, 3.05) is 5.32 Å². The molecular formula is C29H23ClF2N2O3S. The van der Waals surface area contributed by atoms with Crippen LogP contribution in [0.15, 0.2) is 60.7 Å². The summed E-state index contributed by atoms with van der Waals surface area (Å²) >= 11 is 7.14. The molecule has 1 atom stereocenters. The molecule has 5 nitrogen and oxygen atoms in total. The molecule has 3 aromatic carbocycles. The molecule has 1 amide bonds. The van der Waals surface area contributed by atoms with Crippen LogP contribution in [0.3, 0.4) is 0 Å². The number of aromatic nitrogens is 1. The van der Waals surface area contributed by atoms with E-state index in [1.807, 2.05) is 0 Å². The number of carbonyl (C=O) groups is 2. The topological polar surface area (TPSA) is 68.3 Å². The van der Waals surface area contributed by atoms with Crippen LogP contribution in [0.1, 0.15) is 42.7 Å². The Kier molecular flexibility index (Phi) is 7.03. The highest BCUT2D eigenvalue weighted by Gasteiger charge is 2.44. The lowest BCUT2D eigenvalue weighted by Gasteiger charge is -2.16. The third-order valence-electron chi connectivity index (χ3n) is 6.80. The van der Waals surface area contributed by atoms with Gasteiger partial charge in [-0.05, 0) is 67.5 Å². The summed E-state index contributed by atoms with van der Waals surface area (Å²) < 4.78 is 40.3. The zero-order valence-corrected chi connectivity index (χ0v) is 22.1. The van der Waals surface area contributed by atoms with Crippen LogP contribution in [-0.2, 0) is 14.9 Å². The van der Waals surface area contributed by atoms with Gasteiger partial charge in [-0.2, -0.15) is 4.37 Å². The van der Waals surface area contributed by atoms with Crippen molar-refractivity contribution in [1.82, 2.24) is 4.37 Å². The van der Waals surface area contributed by atoms with E-state index in [0.717, 1.165) is 48.4 Å². The van der Waals surface area contributed by atoms with Gasteiger partial charge in [0.2, 0.25) is 0 Å². The number of aldehydes is 1. The maximum absolute atomic E-state index is 15.3. The molecule has 1 N–H and O–H groups in total. The molecule has 1 heterocycles. The average molecular weight is 553 g/mol. The number of amides is 1. The molecule has 0 aliphatic heterocycles. The zero-order chi connectivity index (χ0) is 27.0. The predicted octanol–water partition coefficient (Wildman–Crippen LogP) is 8.26. The predicted molar refractivity (Wildman–Crippen MR) is 145 cm³/mol. The highest BCUT2D eigenvalue weighted by atomic mass is 35.5. The van der Waals surface area contributed by atoms with Gasteiger partial charge in [-0.1, -0.05) is 54.1 Å². The van der Waals surface area contributed by atoms with Gasteiger partial charge in [0.25, 0.3) is 0 Å². The number of carbonyl (C=O) groups excluding carboxylic acids is 2. The Morgan fingerprint density at radius 2 is 1.76 bits per heavy atom. The lowest BCUT2D eigenvalue weighted by molar-refractivity contribution is -0.109. The Bertz CT molecular complexity index is 1530. The van der Waals surface area contributed by atoms with E-state index in [2.05, 4.69) is 9.69 Å². The number of nitrogens with one attached hydrogen (secondary N) is 1. The Labute approximate surface area is 227 Å². The third-order valence-corrected chi connectivity index (χ3v) is 8.12. The fourth-order valence-electron chi connectivity index (χ4n) is 4.39. The summed E-state index contributed by atoms with van der Waals surface area (Å²) in [5.74, 6) is -1.29. The van der Waals surface area contributed by atoms with Gasteiger partial charge in [0.05, 0.1) is 21.7 Å². The maximum atomic E-state index is 15.3. The van der Waals surface area contributed by atoms with E-state index in [4.69, 9.17) is 16.3 Å². The first kappa shape index (κ1) is 26.0. The number of rotatable bonds is 7. The van der Waals surface area contributed by atoms with Crippen molar-refractivity contribution in [3.63, 3.8) is 0 Å². The second kappa shape index (κ2) is 10.3. The second-order valence-corrected chi connectivity index (χ2v) is 10.5. The van der Waals surface area contributed by atoms with Crippen molar-refractivity contribution >= 4 is 41.2 Å². The van der Waals surface area contributed by atoms with Crippen LogP contribution < -0.4 is 5.32 Å². The molecule has 0 spiro atoms. The SMILES string of the molecule is Cc1nsc(-c2cc(F)c(-c3ccc(C4(C=O)CC4)cc3)cc2F)c1NC(=O)O[C@H](C)c1ccccc1Cl. The van der Waals surface area contributed by atoms with Gasteiger partial charge < -0.3 is 9.53 Å². The third kappa shape index (κ3) is 4.93. The van der Waals surface area contributed by atoms with Gasteiger partial charge >= 0.3 is 6.09 Å². The van der Waals surface area contributed by atoms with E-state index in [0.29, 0.717) is 21.8 Å². The van der Waals surface area contributed by atoms with Gasteiger partial charge in [0.1, 0.15) is 24.0 Å². The standard InChI is InChI=1S/C29H23ClF2N2O3S/c1-16-26(33-28(36)37-17(2)20-5-3-4-6-23(20)30)27(38-34-16)22-14-24(31)21(13-25(22)32)18-7-9-19(10-8-18)29(15-35)11-12-29/h3-10,13-15,17H,11-12H2,1-2H3,(H,33,36)/t17-/m1/s1. The number of aryl methyl sites for hydroxylation is 1. The number of ether oxygens (including phenoxy) is 1. The monoisotopic (exact) mass is 552 g/mol. The largest absolute Gasteiger partial charge is 0.441 e. The van der Waals surface area contributed by atoms with Crippen LogP contribution >= 0.6 is 23.1 Å². The molecule has 1 aromatic heterocycles. The summed E-state index contributed by atoms with van der Waals surface area (Å²) in [5, 5.41) is 3.09. The number of hydrogen-bond acceptors (Lipinski definition) is 5. The number of nitrogens with zero attached hydrogens (tertiary/aromatic N) is 1. The van der Waals surface area contributed by atoms with Crippen LogP contribution in [0.2, 0.25) is 5.02 Å². The summed E-state index contributed by atoms with van der Waals surface area (Å²) in [6.45, 7) is 3.34. The molecule has 0 unspecified atom stereocenters. The normalized spacial score (nSPS) is 14.6. The highest BCUT2D eigenvalue weighted by Crippen LogP contribution is 2.46. The summed E-state index contributed by atoms with van der Waals surface area (Å²) in [4.78, 5) is 24.3. The van der Waals surface area contributed by atoms with E-state index < -0.39 is 29.2 Å². The van der Waals surface area contributed by atoms with Crippen molar-refractivity contribution < 1.29 is 23.1 Å². The van der Waals surface area contributed by atoms with Crippen LogP contribution in [0.5, 0.6) is 0 Å². The lowest BCUT2D eigenvalue weighted by Crippen LogP contribution is -2.17. The van der Waals surface area contributed by atoms with Crippen molar-refractivity contribution in [1.29, 1.82) is 0 Å². The average Bonchev–Trinajstić information content (AvgIpc) is 3.63. The van der Waals surface area contributed by atoms with Crippen LogP contribution in [0.4, 0.5) is 19.3 Å². The van der Waals surface area contributed by atoms with Crippen molar-refractivity contribution in [3.05, 3.63) is 94.1 Å². The molecule has 4 aromatic rings. The molecule has 0 radical (unpaired) electrons. The zero-order valence-electron chi connectivity index (χ0n) is 20.6. The molecule has 9 heteroatoms. The molecule has 1 fully saturated rings. The Balaban J connectivity index is 1.38. The highest BCUT2D eigenvalue weighted by molar-refractivity contribution is 7.10. The van der Waals surface area contributed by atoms with E-state index in [9.17, 15) is 9.59 Å². The summed E-state index contributed by atoms with van der Waals surface area (Å²) in [7, 11) is 0. The van der Waals surface area contributed by atoms with Crippen LogP contribution in [0, 0.1) is 18.6 Å². The van der Waals surface area contributed by atoms with E-state index in [1.54, 1.807) is 62.4 Å². The smallest absolute Gasteiger partial charge is 0.412 e. The molecule has 0 saturated heterocycles. The maximum Gasteiger partial charge on any atom is 0.412 e. The minimum Gasteiger partial charge on any atom is -0.441 e. The number of hydrogen-bond donors (Lipinski definition) is 1. The van der Waals surface area contributed by atoms with Gasteiger partial charge in [-0.15, -0.1) is 0 Å². The van der Waals surface area contributed by atoms with Crippen molar-refractivity contribution in [3.8, 4) is 21.6 Å². The van der Waals surface area contributed by atoms with Crippen LogP contribution in [0.25, 0.3) is 21.6 Å². The fraction of sp³-hybridized carbons (Fsp3) is 0.207. The molecule has 194 valence electrons. The first-order valence-electron chi connectivity index (χ1n) is 12.0. The molecule has 1 saturated carbocycles. The lowest BCUT2D eigenvalue weighted by atomic mass is 9.94. The van der Waals surface area contributed by atoms with Crippen molar-refractivity contribution in [2.45, 2.75) is 38.2 Å². The van der Waals surface area contributed by atoms with E-state index >= 15 is 8.78 Å². The van der Waals surface area contributed by atoms with Gasteiger partial charge in [0, 0.05) is 21.7 Å². The Hall–Kier alpha value is -3.62. The number of benzene rings is 3.